The topological polar surface area (TPSA) is 54.7 Å². The summed E-state index contributed by atoms with van der Waals surface area (Å²) in [6.45, 7) is 1.95. The number of nitrogens with zero attached hydrogens (tertiary/aromatic N) is 1. The first-order valence-corrected chi connectivity index (χ1v) is 3.47. The van der Waals surface area contributed by atoms with E-state index < -0.39 is 0 Å². The summed E-state index contributed by atoms with van der Waals surface area (Å²) in [5, 5.41) is 0. The highest BCUT2D eigenvalue weighted by molar-refractivity contribution is 5.77. The molecule has 3 heteroatoms. The first-order chi connectivity index (χ1) is 5.27. The van der Waals surface area contributed by atoms with Gasteiger partial charge in [-0.25, -0.2) is 4.98 Å². The molecule has 0 spiro atoms. The van der Waals surface area contributed by atoms with Crippen molar-refractivity contribution in [3.05, 3.63) is 23.9 Å². The molecule has 3 nitrogen and oxygen atoms in total. The molecule has 0 radical (unpaired) electrons. The highest BCUT2D eigenvalue weighted by Crippen LogP contribution is 2.15. The van der Waals surface area contributed by atoms with Crippen molar-refractivity contribution in [3.8, 4) is 0 Å². The number of fused-ring (bicyclic) bond motifs is 1. The minimum atomic E-state index is 0.608. The van der Waals surface area contributed by atoms with Crippen LogP contribution in [0.25, 0.3) is 11.0 Å². The van der Waals surface area contributed by atoms with Crippen LogP contribution in [0.15, 0.2) is 18.3 Å². The number of rotatable bonds is 0. The lowest BCUT2D eigenvalue weighted by Gasteiger charge is -1.97. The van der Waals surface area contributed by atoms with Gasteiger partial charge in [0.15, 0.2) is 0 Å². The second kappa shape index (κ2) is 1.99. The lowest BCUT2D eigenvalue weighted by Crippen LogP contribution is -1.92. The fourth-order valence-corrected chi connectivity index (χ4v) is 1.10. The van der Waals surface area contributed by atoms with Crippen LogP contribution in [0.1, 0.15) is 5.56 Å². The SMILES string of the molecule is Cc1cc2[nH]ccc2nc1N. The Morgan fingerprint density at radius 3 is 3.18 bits per heavy atom. The predicted molar refractivity (Wildman–Crippen MR) is 45.2 cm³/mol. The molecule has 0 bridgehead atoms. The number of aromatic nitrogens is 2. The molecule has 0 aliphatic carbocycles. The maximum atomic E-state index is 5.62. The number of anilines is 1. The molecular weight excluding hydrogens is 138 g/mol. The fraction of sp³-hybridized carbons (Fsp3) is 0.125. The van der Waals surface area contributed by atoms with Crippen molar-refractivity contribution in [2.45, 2.75) is 6.92 Å². The van der Waals surface area contributed by atoms with Gasteiger partial charge in [-0.1, -0.05) is 0 Å². The van der Waals surface area contributed by atoms with E-state index in [0.29, 0.717) is 5.82 Å². The Morgan fingerprint density at radius 2 is 2.36 bits per heavy atom. The second-order valence-electron chi connectivity index (χ2n) is 2.60. The Bertz CT molecular complexity index is 353. The van der Waals surface area contributed by atoms with E-state index in [2.05, 4.69) is 9.97 Å². The summed E-state index contributed by atoms with van der Waals surface area (Å²) < 4.78 is 0. The van der Waals surface area contributed by atoms with E-state index >= 15 is 0 Å². The number of aromatic amines is 1. The van der Waals surface area contributed by atoms with Crippen molar-refractivity contribution in [1.29, 1.82) is 0 Å². The summed E-state index contributed by atoms with van der Waals surface area (Å²) in [4.78, 5) is 7.25. The molecule has 2 heterocycles. The van der Waals surface area contributed by atoms with Crippen LogP contribution >= 0.6 is 0 Å². The molecule has 0 aromatic carbocycles. The molecule has 0 unspecified atom stereocenters. The number of nitrogens with one attached hydrogen (secondary N) is 1. The van der Waals surface area contributed by atoms with Gasteiger partial charge in [0.1, 0.15) is 5.82 Å². The van der Waals surface area contributed by atoms with Crippen LogP contribution in [0.4, 0.5) is 5.82 Å². The average molecular weight is 147 g/mol. The van der Waals surface area contributed by atoms with Gasteiger partial charge in [0, 0.05) is 6.20 Å². The van der Waals surface area contributed by atoms with Gasteiger partial charge in [0.2, 0.25) is 0 Å². The Hall–Kier alpha value is -1.51. The van der Waals surface area contributed by atoms with Crippen molar-refractivity contribution in [2.24, 2.45) is 0 Å². The number of hydrogen-bond donors (Lipinski definition) is 2. The van der Waals surface area contributed by atoms with Crippen LogP contribution in [-0.4, -0.2) is 9.97 Å². The van der Waals surface area contributed by atoms with E-state index in [0.717, 1.165) is 16.6 Å². The zero-order chi connectivity index (χ0) is 7.84. The smallest absolute Gasteiger partial charge is 0.127 e. The quantitative estimate of drug-likeness (QED) is 0.592. The number of nitrogen functional groups attached to an aromatic ring is 1. The monoisotopic (exact) mass is 147 g/mol. The molecular formula is C8H9N3. The Balaban J connectivity index is 2.86. The normalized spacial score (nSPS) is 10.6. The molecule has 2 aromatic heterocycles. The Morgan fingerprint density at radius 1 is 1.55 bits per heavy atom. The van der Waals surface area contributed by atoms with Crippen molar-refractivity contribution in [2.75, 3.05) is 5.73 Å². The molecule has 0 amide bonds. The molecule has 11 heavy (non-hydrogen) atoms. The van der Waals surface area contributed by atoms with Gasteiger partial charge < -0.3 is 10.7 Å². The number of aryl methyl sites for hydroxylation is 1. The third kappa shape index (κ3) is 0.852. The number of H-pyrrole nitrogens is 1. The maximum Gasteiger partial charge on any atom is 0.127 e. The van der Waals surface area contributed by atoms with Gasteiger partial charge in [-0.15, -0.1) is 0 Å². The van der Waals surface area contributed by atoms with Crippen LogP contribution < -0.4 is 5.73 Å². The zero-order valence-electron chi connectivity index (χ0n) is 6.26. The van der Waals surface area contributed by atoms with E-state index in [1.807, 2.05) is 25.3 Å². The highest BCUT2D eigenvalue weighted by atomic mass is 14.9. The molecule has 0 atom stereocenters. The van der Waals surface area contributed by atoms with E-state index in [-0.39, 0.29) is 0 Å². The summed E-state index contributed by atoms with van der Waals surface area (Å²) >= 11 is 0. The summed E-state index contributed by atoms with van der Waals surface area (Å²) in [6.07, 6.45) is 1.86. The standard InChI is InChI=1S/C8H9N3/c1-5-4-7-6(2-3-10-7)11-8(5)9/h2-4,10H,1H3,(H2,9,11). The molecule has 0 saturated heterocycles. The van der Waals surface area contributed by atoms with Crippen molar-refractivity contribution < 1.29 is 0 Å². The van der Waals surface area contributed by atoms with Gasteiger partial charge in [-0.2, -0.15) is 0 Å². The largest absolute Gasteiger partial charge is 0.383 e. The predicted octanol–water partition coefficient (Wildman–Crippen LogP) is 1.45. The third-order valence-corrected chi connectivity index (χ3v) is 1.76. The van der Waals surface area contributed by atoms with Gasteiger partial charge in [-0.05, 0) is 24.6 Å². The first-order valence-electron chi connectivity index (χ1n) is 3.47. The van der Waals surface area contributed by atoms with Gasteiger partial charge >= 0.3 is 0 Å². The maximum absolute atomic E-state index is 5.62. The molecule has 0 saturated carbocycles. The van der Waals surface area contributed by atoms with Crippen LogP contribution in [0.3, 0.4) is 0 Å². The van der Waals surface area contributed by atoms with Gasteiger partial charge in [0.25, 0.3) is 0 Å². The van der Waals surface area contributed by atoms with Gasteiger partial charge in [-0.3, -0.25) is 0 Å². The van der Waals surface area contributed by atoms with Crippen molar-refractivity contribution in [1.82, 2.24) is 9.97 Å². The number of pyridine rings is 1. The number of nitrogens with two attached hydrogens (primary N) is 1. The molecule has 3 N–H and O–H groups in total. The summed E-state index contributed by atoms with van der Waals surface area (Å²) in [5.74, 6) is 0.608. The third-order valence-electron chi connectivity index (χ3n) is 1.76. The molecule has 2 aromatic rings. The van der Waals surface area contributed by atoms with Crippen LogP contribution in [0.5, 0.6) is 0 Å². The highest BCUT2D eigenvalue weighted by Gasteiger charge is 1.98. The van der Waals surface area contributed by atoms with Crippen LogP contribution in [0.2, 0.25) is 0 Å². The average Bonchev–Trinajstić information content (AvgIpc) is 2.36. The first kappa shape index (κ1) is 6.22. The molecule has 0 aliphatic rings. The molecule has 2 rings (SSSR count). The van der Waals surface area contributed by atoms with Crippen molar-refractivity contribution >= 4 is 16.9 Å². The van der Waals surface area contributed by atoms with E-state index in [9.17, 15) is 0 Å². The summed E-state index contributed by atoms with van der Waals surface area (Å²) in [5.41, 5.74) is 8.60. The minimum Gasteiger partial charge on any atom is -0.383 e. The Kier molecular flexibility index (Phi) is 1.12. The van der Waals surface area contributed by atoms with Crippen molar-refractivity contribution in [3.63, 3.8) is 0 Å². The summed E-state index contributed by atoms with van der Waals surface area (Å²) in [7, 11) is 0. The second-order valence-corrected chi connectivity index (χ2v) is 2.60. The Labute approximate surface area is 64.2 Å². The van der Waals surface area contributed by atoms with E-state index in [1.165, 1.54) is 0 Å². The van der Waals surface area contributed by atoms with Crippen LogP contribution in [-0.2, 0) is 0 Å². The van der Waals surface area contributed by atoms with Crippen LogP contribution in [0, 0.1) is 6.92 Å². The lowest BCUT2D eigenvalue weighted by atomic mass is 10.2. The summed E-state index contributed by atoms with van der Waals surface area (Å²) in [6, 6.07) is 3.91. The number of hydrogen-bond acceptors (Lipinski definition) is 2. The molecule has 0 fully saturated rings. The molecule has 0 aliphatic heterocycles. The lowest BCUT2D eigenvalue weighted by molar-refractivity contribution is 1.34. The fourth-order valence-electron chi connectivity index (χ4n) is 1.10. The minimum absolute atomic E-state index is 0.608. The zero-order valence-corrected chi connectivity index (χ0v) is 6.26. The van der Waals surface area contributed by atoms with Gasteiger partial charge in [0.05, 0.1) is 11.0 Å². The van der Waals surface area contributed by atoms with E-state index in [1.54, 1.807) is 0 Å². The molecule has 56 valence electrons. The van der Waals surface area contributed by atoms with E-state index in [4.69, 9.17) is 5.73 Å².